The van der Waals surface area contributed by atoms with Gasteiger partial charge < -0.3 is 52.4 Å². The maximum absolute atomic E-state index is 14.1. The molecule has 0 spiro atoms. The Morgan fingerprint density at radius 3 is 1.48 bits per heavy atom. The van der Waals surface area contributed by atoms with Crippen LogP contribution in [0.4, 0.5) is 8.78 Å². The van der Waals surface area contributed by atoms with E-state index in [1.165, 1.54) is 47.0 Å². The van der Waals surface area contributed by atoms with Crippen molar-refractivity contribution >= 4 is 23.2 Å². The predicted molar refractivity (Wildman–Crippen MR) is 239 cm³/mol. The Bertz CT molecular complexity index is 2340. The minimum atomic E-state index is -0.685. The van der Waals surface area contributed by atoms with Crippen LogP contribution in [-0.2, 0) is 65.3 Å². The maximum atomic E-state index is 14.1. The number of hydrogen-bond acceptors (Lipinski definition) is 14. The van der Waals surface area contributed by atoms with E-state index in [4.69, 9.17) is 47.4 Å². The van der Waals surface area contributed by atoms with Gasteiger partial charge >= 0.3 is 11.7 Å². The number of nitrogens with one attached hydrogen (secondary N) is 1. The normalized spacial score (nSPS) is 11.6. The fourth-order valence-electron chi connectivity index (χ4n) is 6.17. The first kappa shape index (κ1) is 51.5. The lowest BCUT2D eigenvalue weighted by atomic mass is 10.1. The third-order valence-corrected chi connectivity index (χ3v) is 9.42. The summed E-state index contributed by atoms with van der Waals surface area (Å²) in [5, 5.41) is 0. The van der Waals surface area contributed by atoms with E-state index >= 15 is 0 Å². The number of esters is 1. The summed E-state index contributed by atoms with van der Waals surface area (Å²) in [6.07, 6.45) is 2.89. The molecule has 5 aromatic rings. The van der Waals surface area contributed by atoms with Crippen LogP contribution in [0, 0.1) is 11.6 Å². The van der Waals surface area contributed by atoms with Crippen molar-refractivity contribution in [2.45, 2.75) is 13.1 Å². The van der Waals surface area contributed by atoms with Crippen molar-refractivity contribution in [3.63, 3.8) is 0 Å². The van der Waals surface area contributed by atoms with Crippen LogP contribution >= 0.6 is 0 Å². The molecule has 0 aliphatic rings. The molecule has 3 aromatic carbocycles. The first-order chi connectivity index (χ1) is 32.3. The number of H-pyrrole nitrogens is 1. The van der Waals surface area contributed by atoms with Crippen molar-refractivity contribution in [1.29, 1.82) is 0 Å². The molecule has 5 rings (SSSR count). The number of aromatic nitrogens is 4. The molecule has 19 heteroatoms. The van der Waals surface area contributed by atoms with Crippen molar-refractivity contribution < 1.29 is 60.9 Å². The van der Waals surface area contributed by atoms with Crippen molar-refractivity contribution in [3.05, 3.63) is 128 Å². The van der Waals surface area contributed by atoms with Gasteiger partial charge in [-0.15, -0.1) is 0 Å². The molecule has 0 radical (unpaired) electrons. The van der Waals surface area contributed by atoms with Crippen LogP contribution in [0.5, 0.6) is 0 Å². The number of nitrogens with zero attached hydrogens (tertiary/aromatic N) is 3. The molecule has 0 amide bonds. The Labute approximate surface area is 381 Å². The molecule has 0 saturated heterocycles. The van der Waals surface area contributed by atoms with E-state index in [2.05, 4.69) is 9.97 Å². The quantitative estimate of drug-likeness (QED) is 0.0351. The molecule has 0 aliphatic carbocycles. The van der Waals surface area contributed by atoms with Gasteiger partial charge in [0.1, 0.15) is 29.6 Å². The van der Waals surface area contributed by atoms with E-state index in [0.29, 0.717) is 134 Å². The van der Waals surface area contributed by atoms with Crippen molar-refractivity contribution in [2.24, 2.45) is 0 Å². The summed E-state index contributed by atoms with van der Waals surface area (Å²) in [4.78, 5) is 47.4. The number of methoxy groups -OCH3 is 1. The molecule has 0 atom stereocenters. The number of ether oxygens (including phenoxy) is 10. The fourth-order valence-corrected chi connectivity index (χ4v) is 6.17. The molecule has 2 aromatic heterocycles. The number of aromatic amines is 1. The third-order valence-electron chi connectivity index (χ3n) is 9.42. The molecule has 0 fully saturated rings. The summed E-state index contributed by atoms with van der Waals surface area (Å²) in [6.45, 7) is 7.46. The highest BCUT2D eigenvalue weighted by atomic mass is 19.1. The van der Waals surface area contributed by atoms with Crippen LogP contribution in [0.15, 0.2) is 88.5 Å². The van der Waals surface area contributed by atoms with Gasteiger partial charge in [0.2, 0.25) is 0 Å². The standard InChI is InChI=1S/C47H58F2N4O13/c1-57-14-15-58-16-17-59-18-19-60-20-21-61-22-23-62-24-25-63-26-27-64-28-29-65-30-31-66-42(54)13-10-36-8-11-39(12-9-36)44-50-43-45(51-44)52(34-37-4-2-6-40(48)32-37)47(56)53(46(43)55)35-38-5-3-7-41(49)33-38/h2-13,32-33H,14-31,34-35H2,1H3,(H,50,51). The molecule has 66 heavy (non-hydrogen) atoms. The lowest BCUT2D eigenvalue weighted by molar-refractivity contribution is -0.139. The second-order valence-electron chi connectivity index (χ2n) is 14.3. The van der Waals surface area contributed by atoms with Gasteiger partial charge in [0.05, 0.1) is 125 Å². The smallest absolute Gasteiger partial charge is 0.333 e. The van der Waals surface area contributed by atoms with Gasteiger partial charge in [0, 0.05) is 18.7 Å². The van der Waals surface area contributed by atoms with E-state index in [1.807, 2.05) is 0 Å². The fraction of sp³-hybridized carbons (Fsp3) is 0.447. The minimum absolute atomic E-state index is 0.0520. The highest BCUT2D eigenvalue weighted by Crippen LogP contribution is 2.20. The Balaban J connectivity index is 0.921. The largest absolute Gasteiger partial charge is 0.460 e. The highest BCUT2D eigenvalue weighted by Gasteiger charge is 2.19. The molecule has 17 nitrogen and oxygen atoms in total. The van der Waals surface area contributed by atoms with E-state index in [-0.39, 0.29) is 37.5 Å². The average Bonchev–Trinajstić information content (AvgIpc) is 3.77. The zero-order valence-corrected chi connectivity index (χ0v) is 37.1. The van der Waals surface area contributed by atoms with Gasteiger partial charge in [-0.1, -0.05) is 48.5 Å². The van der Waals surface area contributed by atoms with Crippen LogP contribution in [0.2, 0.25) is 0 Å². The SMILES string of the molecule is COCCOCCOCCOCCOCCOCCOCCOCCOCCOC(=O)C=Cc1ccc(-c2nc3c([nH]2)c(=O)n(Cc2cccc(F)c2)c(=O)n3Cc2cccc(F)c2)cc1. The molecule has 1 N–H and O–H groups in total. The average molecular weight is 925 g/mol. The predicted octanol–water partition coefficient (Wildman–Crippen LogP) is 4.26. The molecular formula is C47H58F2N4O13. The topological polar surface area (TPSA) is 182 Å². The van der Waals surface area contributed by atoms with Crippen LogP contribution in [-0.4, -0.2) is 151 Å². The number of halogens is 2. The van der Waals surface area contributed by atoms with Gasteiger partial charge in [-0.25, -0.2) is 23.4 Å². The lowest BCUT2D eigenvalue weighted by Crippen LogP contribution is -2.40. The zero-order chi connectivity index (χ0) is 46.6. The van der Waals surface area contributed by atoms with Crippen LogP contribution in [0.3, 0.4) is 0 Å². The summed E-state index contributed by atoms with van der Waals surface area (Å²) < 4.78 is 84.0. The number of fused-ring (bicyclic) bond motifs is 1. The summed E-state index contributed by atoms with van der Waals surface area (Å²) in [7, 11) is 1.63. The highest BCUT2D eigenvalue weighted by molar-refractivity contribution is 5.87. The van der Waals surface area contributed by atoms with E-state index < -0.39 is 28.9 Å². The second-order valence-corrected chi connectivity index (χ2v) is 14.3. The number of benzene rings is 3. The van der Waals surface area contributed by atoms with Gasteiger partial charge in [0.15, 0.2) is 5.65 Å². The molecule has 358 valence electrons. The minimum Gasteiger partial charge on any atom is -0.460 e. The number of carbonyl (C=O) groups excluding carboxylic acids is 1. The number of rotatable bonds is 34. The maximum Gasteiger partial charge on any atom is 0.333 e. The molecule has 0 aliphatic heterocycles. The molecule has 0 saturated carbocycles. The van der Waals surface area contributed by atoms with Gasteiger partial charge in [-0.2, -0.15) is 0 Å². The van der Waals surface area contributed by atoms with Crippen molar-refractivity contribution in [2.75, 3.05) is 126 Å². The molecular weight excluding hydrogens is 867 g/mol. The third kappa shape index (κ3) is 18.4. The van der Waals surface area contributed by atoms with Crippen molar-refractivity contribution in [3.8, 4) is 11.4 Å². The zero-order valence-electron chi connectivity index (χ0n) is 37.1. The van der Waals surface area contributed by atoms with Crippen LogP contribution in [0.25, 0.3) is 28.6 Å². The first-order valence-corrected chi connectivity index (χ1v) is 21.6. The van der Waals surface area contributed by atoms with Crippen LogP contribution < -0.4 is 11.2 Å². The van der Waals surface area contributed by atoms with Gasteiger partial charge in [-0.3, -0.25) is 13.9 Å². The Kier molecular flexibility index (Phi) is 23.4. The monoisotopic (exact) mass is 924 g/mol. The molecule has 0 unspecified atom stereocenters. The Morgan fingerprint density at radius 2 is 1.03 bits per heavy atom. The Morgan fingerprint density at radius 1 is 0.591 bits per heavy atom. The number of imidazole rings is 1. The van der Waals surface area contributed by atoms with Crippen molar-refractivity contribution in [1.82, 2.24) is 19.1 Å². The summed E-state index contributed by atoms with van der Waals surface area (Å²) in [6, 6.07) is 18.4. The van der Waals surface area contributed by atoms with E-state index in [1.54, 1.807) is 49.6 Å². The molecule has 0 bridgehead atoms. The van der Waals surface area contributed by atoms with Crippen LogP contribution in [0.1, 0.15) is 16.7 Å². The Hall–Kier alpha value is -5.48. The summed E-state index contributed by atoms with van der Waals surface area (Å²) in [5.74, 6) is -1.23. The summed E-state index contributed by atoms with van der Waals surface area (Å²) >= 11 is 0. The number of carbonyl (C=O) groups is 1. The molecule has 2 heterocycles. The van der Waals surface area contributed by atoms with E-state index in [0.717, 1.165) is 4.57 Å². The summed E-state index contributed by atoms with van der Waals surface area (Å²) in [5.41, 5.74) is 0.989. The van der Waals surface area contributed by atoms with E-state index in [9.17, 15) is 23.2 Å². The van der Waals surface area contributed by atoms with Gasteiger partial charge in [0.25, 0.3) is 5.56 Å². The lowest BCUT2D eigenvalue weighted by Gasteiger charge is -2.12. The number of hydrogen-bond donors (Lipinski definition) is 1. The first-order valence-electron chi connectivity index (χ1n) is 21.6. The second kappa shape index (κ2) is 29.9. The van der Waals surface area contributed by atoms with Gasteiger partial charge in [-0.05, 0) is 47.0 Å².